The van der Waals surface area contributed by atoms with Gasteiger partial charge in [0.05, 0.1) is 0 Å². The molecule has 21 heavy (non-hydrogen) atoms. The molecule has 0 saturated heterocycles. The van der Waals surface area contributed by atoms with Crippen molar-refractivity contribution in [2.45, 2.75) is 38.1 Å². The van der Waals surface area contributed by atoms with Crippen molar-refractivity contribution < 1.29 is 4.79 Å². The molecule has 1 fully saturated rings. The molecule has 1 unspecified atom stereocenters. The monoisotopic (exact) mass is 283 g/mol. The summed E-state index contributed by atoms with van der Waals surface area (Å²) in [5.41, 5.74) is 9.14. The van der Waals surface area contributed by atoms with Gasteiger partial charge in [-0.1, -0.05) is 24.1 Å². The minimum Gasteiger partial charge on any atom is -0.327 e. The molecule has 0 radical (unpaired) electrons. The average molecular weight is 283 g/mol. The predicted molar refractivity (Wildman–Crippen MR) is 83.6 cm³/mol. The van der Waals surface area contributed by atoms with Gasteiger partial charge in [-0.2, -0.15) is 0 Å². The van der Waals surface area contributed by atoms with E-state index in [0.717, 1.165) is 30.5 Å². The van der Waals surface area contributed by atoms with Crippen molar-refractivity contribution >= 4 is 11.6 Å². The van der Waals surface area contributed by atoms with Crippen LogP contribution in [0.5, 0.6) is 0 Å². The second-order valence-electron chi connectivity index (χ2n) is 5.82. The Balaban J connectivity index is 1.73. The Morgan fingerprint density at radius 3 is 2.90 bits per heavy atom. The molecule has 2 atom stereocenters. The standard InChI is InChI=1S/C17H21N3O/c18-16-4-2-1-3-12-11-13(5-6-15(12)16)17(21)20-14-7-9-19-10-8-14/h5,7-11,15-16H,1-4,6,18H2,(H,19,20,21)/t15?,16-/m1/s1. The lowest BCUT2D eigenvalue weighted by atomic mass is 9.82. The summed E-state index contributed by atoms with van der Waals surface area (Å²) in [6, 6.07) is 3.82. The zero-order valence-electron chi connectivity index (χ0n) is 12.1. The molecule has 1 aromatic rings. The van der Waals surface area contributed by atoms with Gasteiger partial charge in [-0.3, -0.25) is 9.78 Å². The number of hydrogen-bond donors (Lipinski definition) is 2. The van der Waals surface area contributed by atoms with Gasteiger partial charge >= 0.3 is 0 Å². The third-order valence-electron chi connectivity index (χ3n) is 4.38. The van der Waals surface area contributed by atoms with Crippen LogP contribution in [-0.4, -0.2) is 16.9 Å². The summed E-state index contributed by atoms with van der Waals surface area (Å²) in [5, 5.41) is 2.91. The number of aromatic nitrogens is 1. The molecule has 4 heteroatoms. The quantitative estimate of drug-likeness (QED) is 0.877. The Hall–Kier alpha value is -1.94. The van der Waals surface area contributed by atoms with Crippen molar-refractivity contribution in [3.05, 3.63) is 47.8 Å². The summed E-state index contributed by atoms with van der Waals surface area (Å²) in [4.78, 5) is 16.3. The van der Waals surface area contributed by atoms with Gasteiger partial charge < -0.3 is 11.1 Å². The van der Waals surface area contributed by atoms with Crippen LogP contribution in [0.4, 0.5) is 5.69 Å². The Labute approximate surface area is 125 Å². The normalized spacial score (nSPS) is 25.2. The van der Waals surface area contributed by atoms with Crippen molar-refractivity contribution in [2.75, 3.05) is 5.32 Å². The summed E-state index contributed by atoms with van der Waals surface area (Å²) in [6.45, 7) is 0. The zero-order valence-corrected chi connectivity index (χ0v) is 12.1. The number of hydrogen-bond acceptors (Lipinski definition) is 3. The topological polar surface area (TPSA) is 68.0 Å². The molecule has 0 aliphatic heterocycles. The van der Waals surface area contributed by atoms with Gasteiger partial charge in [0, 0.05) is 29.7 Å². The number of carbonyl (C=O) groups excluding carboxylic acids is 1. The first-order valence-corrected chi connectivity index (χ1v) is 7.61. The van der Waals surface area contributed by atoms with Gasteiger partial charge in [0.15, 0.2) is 0 Å². The maximum atomic E-state index is 12.3. The van der Waals surface area contributed by atoms with E-state index in [0.29, 0.717) is 5.92 Å². The molecular weight excluding hydrogens is 262 g/mol. The van der Waals surface area contributed by atoms with Gasteiger partial charge in [-0.25, -0.2) is 0 Å². The molecule has 4 nitrogen and oxygen atoms in total. The highest BCUT2D eigenvalue weighted by Gasteiger charge is 2.27. The maximum Gasteiger partial charge on any atom is 0.255 e. The molecule has 2 aliphatic rings. The number of anilines is 1. The number of nitrogens with one attached hydrogen (secondary N) is 1. The van der Waals surface area contributed by atoms with Gasteiger partial charge in [0.25, 0.3) is 5.91 Å². The van der Waals surface area contributed by atoms with Crippen LogP contribution >= 0.6 is 0 Å². The fourth-order valence-electron chi connectivity index (χ4n) is 3.19. The number of nitrogens with two attached hydrogens (primary N) is 1. The van der Waals surface area contributed by atoms with Crippen LogP contribution in [-0.2, 0) is 4.79 Å². The fourth-order valence-corrected chi connectivity index (χ4v) is 3.19. The molecule has 1 heterocycles. The fraction of sp³-hybridized carbons (Fsp3) is 0.412. The first kappa shape index (κ1) is 14.0. The van der Waals surface area contributed by atoms with Crippen LogP contribution in [0, 0.1) is 5.92 Å². The zero-order chi connectivity index (χ0) is 14.7. The van der Waals surface area contributed by atoms with Crippen molar-refractivity contribution in [1.29, 1.82) is 0 Å². The average Bonchev–Trinajstić information content (AvgIpc) is 2.70. The van der Waals surface area contributed by atoms with Crippen molar-refractivity contribution in [2.24, 2.45) is 11.7 Å². The number of amides is 1. The largest absolute Gasteiger partial charge is 0.327 e. The van der Waals surface area contributed by atoms with E-state index in [-0.39, 0.29) is 11.9 Å². The van der Waals surface area contributed by atoms with Crippen molar-refractivity contribution in [3.63, 3.8) is 0 Å². The molecule has 1 aromatic heterocycles. The van der Waals surface area contributed by atoms with Crippen LogP contribution in [0.2, 0.25) is 0 Å². The Morgan fingerprint density at radius 1 is 1.29 bits per heavy atom. The summed E-state index contributed by atoms with van der Waals surface area (Å²) < 4.78 is 0. The number of pyridine rings is 1. The van der Waals surface area contributed by atoms with Crippen LogP contribution in [0.1, 0.15) is 32.1 Å². The molecule has 0 bridgehead atoms. The second kappa shape index (κ2) is 6.22. The highest BCUT2D eigenvalue weighted by atomic mass is 16.1. The van der Waals surface area contributed by atoms with Crippen molar-refractivity contribution in [1.82, 2.24) is 4.98 Å². The summed E-state index contributed by atoms with van der Waals surface area (Å²) in [5.74, 6) is 0.370. The van der Waals surface area contributed by atoms with E-state index >= 15 is 0 Å². The van der Waals surface area contributed by atoms with Gasteiger partial charge in [0.1, 0.15) is 0 Å². The Kier molecular flexibility index (Phi) is 4.15. The van der Waals surface area contributed by atoms with E-state index in [1.165, 1.54) is 18.4 Å². The summed E-state index contributed by atoms with van der Waals surface area (Å²) in [6.07, 6.45) is 12.8. The molecule has 2 aliphatic carbocycles. The molecule has 3 rings (SSSR count). The number of allylic oxidation sites excluding steroid dienone is 1. The van der Waals surface area contributed by atoms with Crippen LogP contribution in [0.3, 0.4) is 0 Å². The lowest BCUT2D eigenvalue weighted by Crippen LogP contribution is -2.31. The summed E-state index contributed by atoms with van der Waals surface area (Å²) >= 11 is 0. The summed E-state index contributed by atoms with van der Waals surface area (Å²) in [7, 11) is 0. The smallest absolute Gasteiger partial charge is 0.255 e. The highest BCUT2D eigenvalue weighted by molar-refractivity contribution is 6.06. The first-order valence-electron chi connectivity index (χ1n) is 7.61. The lowest BCUT2D eigenvalue weighted by Gasteiger charge is -2.26. The molecule has 3 N–H and O–H groups in total. The minimum absolute atomic E-state index is 0.0510. The van der Waals surface area contributed by atoms with E-state index < -0.39 is 0 Å². The Morgan fingerprint density at radius 2 is 2.10 bits per heavy atom. The van der Waals surface area contributed by atoms with Crippen LogP contribution < -0.4 is 11.1 Å². The van der Waals surface area contributed by atoms with E-state index in [2.05, 4.69) is 16.4 Å². The van der Waals surface area contributed by atoms with Gasteiger partial charge in [0.2, 0.25) is 0 Å². The highest BCUT2D eigenvalue weighted by Crippen LogP contribution is 2.34. The predicted octanol–water partition coefficient (Wildman–Crippen LogP) is 2.79. The van der Waals surface area contributed by atoms with E-state index in [4.69, 9.17) is 5.73 Å². The molecule has 1 saturated carbocycles. The molecule has 110 valence electrons. The van der Waals surface area contributed by atoms with E-state index in [1.807, 2.05) is 6.08 Å². The molecule has 1 amide bonds. The van der Waals surface area contributed by atoms with Gasteiger partial charge in [-0.15, -0.1) is 0 Å². The van der Waals surface area contributed by atoms with Crippen molar-refractivity contribution in [3.8, 4) is 0 Å². The SMILES string of the molecule is N[C@@H]1CCCCC2=CC(C(=O)Nc3ccncc3)=CCC21. The third kappa shape index (κ3) is 3.22. The van der Waals surface area contributed by atoms with Crippen LogP contribution in [0.25, 0.3) is 0 Å². The first-order chi connectivity index (χ1) is 10.2. The third-order valence-corrected chi connectivity index (χ3v) is 4.38. The number of nitrogens with zero attached hydrogens (tertiary/aromatic N) is 1. The number of fused-ring (bicyclic) bond motifs is 1. The molecule has 0 aromatic carbocycles. The lowest BCUT2D eigenvalue weighted by molar-refractivity contribution is -0.112. The minimum atomic E-state index is -0.0510. The number of rotatable bonds is 2. The van der Waals surface area contributed by atoms with E-state index in [9.17, 15) is 4.79 Å². The van der Waals surface area contributed by atoms with Gasteiger partial charge in [-0.05, 0) is 43.7 Å². The Bertz CT molecular complexity index is 577. The van der Waals surface area contributed by atoms with E-state index in [1.54, 1.807) is 24.5 Å². The number of carbonyl (C=O) groups is 1. The second-order valence-corrected chi connectivity index (χ2v) is 5.82. The van der Waals surface area contributed by atoms with Crippen LogP contribution in [0.15, 0.2) is 47.8 Å². The molecule has 0 spiro atoms. The maximum absolute atomic E-state index is 12.3. The molecular formula is C17H21N3O.